The highest BCUT2D eigenvalue weighted by Crippen LogP contribution is 2.30. The fourth-order valence-electron chi connectivity index (χ4n) is 1.53. The Bertz CT molecular complexity index is 525. The second-order valence-electron chi connectivity index (χ2n) is 3.36. The van der Waals surface area contributed by atoms with Crippen molar-refractivity contribution in [2.75, 3.05) is 5.73 Å². The Morgan fingerprint density at radius 1 is 1.50 bits per heavy atom. The molecule has 0 unspecified atom stereocenters. The molecular formula is C11H10BrFN2O. The maximum atomic E-state index is 13.4. The van der Waals surface area contributed by atoms with Crippen LogP contribution in [0.25, 0.3) is 11.3 Å². The number of benzene rings is 1. The van der Waals surface area contributed by atoms with Crippen LogP contribution in [0, 0.1) is 5.82 Å². The molecule has 2 N–H and O–H groups in total. The van der Waals surface area contributed by atoms with Gasteiger partial charge in [-0.05, 0) is 40.5 Å². The molecule has 1 heterocycles. The lowest BCUT2D eigenvalue weighted by Crippen LogP contribution is -1.91. The summed E-state index contributed by atoms with van der Waals surface area (Å²) in [7, 11) is 0. The Labute approximate surface area is 101 Å². The van der Waals surface area contributed by atoms with E-state index in [9.17, 15) is 4.39 Å². The smallest absolute Gasteiger partial charge is 0.172 e. The summed E-state index contributed by atoms with van der Waals surface area (Å²) in [5, 5.41) is 3.68. The number of nitrogens with two attached hydrogens (primary N) is 1. The lowest BCUT2D eigenvalue weighted by atomic mass is 10.1. The summed E-state index contributed by atoms with van der Waals surface area (Å²) in [6, 6.07) is 4.78. The summed E-state index contributed by atoms with van der Waals surface area (Å²) in [4.78, 5) is 0. The van der Waals surface area contributed by atoms with Gasteiger partial charge in [0, 0.05) is 11.1 Å². The van der Waals surface area contributed by atoms with Crippen LogP contribution < -0.4 is 5.73 Å². The van der Waals surface area contributed by atoms with E-state index in [4.69, 9.17) is 10.3 Å². The molecule has 1 aromatic heterocycles. The van der Waals surface area contributed by atoms with Gasteiger partial charge in [-0.3, -0.25) is 0 Å². The monoisotopic (exact) mass is 284 g/mol. The van der Waals surface area contributed by atoms with E-state index < -0.39 is 0 Å². The highest BCUT2D eigenvalue weighted by Gasteiger charge is 2.15. The molecule has 0 aliphatic rings. The number of hydrogen-bond acceptors (Lipinski definition) is 3. The van der Waals surface area contributed by atoms with Gasteiger partial charge >= 0.3 is 0 Å². The van der Waals surface area contributed by atoms with Crippen molar-refractivity contribution >= 4 is 21.7 Å². The van der Waals surface area contributed by atoms with E-state index in [2.05, 4.69) is 21.1 Å². The molecular weight excluding hydrogens is 275 g/mol. The highest BCUT2D eigenvalue weighted by atomic mass is 79.9. The number of aromatic nitrogens is 1. The van der Waals surface area contributed by atoms with Crippen molar-refractivity contribution in [3.8, 4) is 11.3 Å². The zero-order chi connectivity index (χ0) is 11.7. The van der Waals surface area contributed by atoms with E-state index in [1.54, 1.807) is 12.1 Å². The van der Waals surface area contributed by atoms with E-state index in [0.717, 1.165) is 5.56 Å². The number of nitrogen functional groups attached to an aromatic ring is 1. The van der Waals surface area contributed by atoms with Crippen LogP contribution >= 0.6 is 15.9 Å². The van der Waals surface area contributed by atoms with Gasteiger partial charge in [-0.2, -0.15) is 0 Å². The van der Waals surface area contributed by atoms with Crippen LogP contribution in [0.5, 0.6) is 0 Å². The molecule has 84 valence electrons. The maximum absolute atomic E-state index is 13.4. The first-order valence-electron chi connectivity index (χ1n) is 4.83. The number of nitrogens with zero attached hydrogens (tertiary/aromatic N) is 1. The molecule has 0 aliphatic carbocycles. The van der Waals surface area contributed by atoms with Crippen LogP contribution in [0.3, 0.4) is 0 Å². The largest absolute Gasteiger partial charge is 0.381 e. The molecule has 0 saturated carbocycles. The van der Waals surface area contributed by atoms with Crippen molar-refractivity contribution in [3.63, 3.8) is 0 Å². The summed E-state index contributed by atoms with van der Waals surface area (Å²) < 4.78 is 18.9. The predicted octanol–water partition coefficient (Wildman–Crippen LogP) is 3.39. The van der Waals surface area contributed by atoms with Crippen LogP contribution in [-0.4, -0.2) is 5.16 Å². The number of anilines is 1. The van der Waals surface area contributed by atoms with Gasteiger partial charge < -0.3 is 10.3 Å². The van der Waals surface area contributed by atoms with Crippen molar-refractivity contribution in [1.29, 1.82) is 0 Å². The summed E-state index contributed by atoms with van der Waals surface area (Å²) in [6.07, 6.45) is 0.697. The molecule has 0 atom stereocenters. The first kappa shape index (κ1) is 11.1. The van der Waals surface area contributed by atoms with Crippen molar-refractivity contribution in [2.45, 2.75) is 13.3 Å². The standard InChI is InChI=1S/C11H10BrFN2O/c1-2-7-10(16-15-11(7)14)6-3-4-8(12)9(13)5-6/h3-5H,2H2,1H3,(H2,14,15). The minimum absolute atomic E-state index is 0.338. The Morgan fingerprint density at radius 2 is 2.25 bits per heavy atom. The summed E-state index contributed by atoms with van der Waals surface area (Å²) >= 11 is 3.10. The normalized spacial score (nSPS) is 10.7. The molecule has 2 rings (SSSR count). The molecule has 5 heteroatoms. The van der Waals surface area contributed by atoms with Gasteiger partial charge in [-0.15, -0.1) is 0 Å². The summed E-state index contributed by atoms with van der Waals surface area (Å²) in [5.41, 5.74) is 7.10. The zero-order valence-corrected chi connectivity index (χ0v) is 10.2. The Balaban J connectivity index is 2.54. The van der Waals surface area contributed by atoms with E-state index in [0.29, 0.717) is 28.0 Å². The molecule has 3 nitrogen and oxygen atoms in total. The average molecular weight is 285 g/mol. The first-order chi connectivity index (χ1) is 7.63. The molecule has 1 aromatic carbocycles. The fraction of sp³-hybridized carbons (Fsp3) is 0.182. The lowest BCUT2D eigenvalue weighted by molar-refractivity contribution is 0.434. The van der Waals surface area contributed by atoms with Crippen LogP contribution in [0.2, 0.25) is 0 Å². The van der Waals surface area contributed by atoms with Crippen molar-refractivity contribution in [3.05, 3.63) is 34.1 Å². The van der Waals surface area contributed by atoms with E-state index in [1.807, 2.05) is 6.92 Å². The average Bonchev–Trinajstić information content (AvgIpc) is 2.63. The fourth-order valence-corrected chi connectivity index (χ4v) is 1.77. The molecule has 0 aliphatic heterocycles. The Kier molecular flexibility index (Phi) is 2.96. The number of halogens is 2. The second kappa shape index (κ2) is 4.25. The quantitative estimate of drug-likeness (QED) is 0.920. The van der Waals surface area contributed by atoms with Crippen molar-refractivity contribution in [1.82, 2.24) is 5.16 Å². The van der Waals surface area contributed by atoms with Gasteiger partial charge in [0.15, 0.2) is 11.6 Å². The first-order valence-corrected chi connectivity index (χ1v) is 5.62. The van der Waals surface area contributed by atoms with Crippen LogP contribution in [0.1, 0.15) is 12.5 Å². The molecule has 0 saturated heterocycles. The maximum Gasteiger partial charge on any atom is 0.172 e. The molecule has 0 bridgehead atoms. The molecule has 0 spiro atoms. The zero-order valence-electron chi connectivity index (χ0n) is 8.63. The molecule has 2 aromatic rings. The summed E-state index contributed by atoms with van der Waals surface area (Å²) in [5.74, 6) is 0.557. The Hall–Kier alpha value is -1.36. The number of hydrogen-bond donors (Lipinski definition) is 1. The third-order valence-corrected chi connectivity index (χ3v) is 3.00. The molecule has 0 amide bonds. The van der Waals surface area contributed by atoms with Gasteiger partial charge in [0.1, 0.15) is 5.82 Å². The van der Waals surface area contributed by atoms with Crippen LogP contribution in [-0.2, 0) is 6.42 Å². The lowest BCUT2D eigenvalue weighted by Gasteiger charge is -2.00. The van der Waals surface area contributed by atoms with Gasteiger partial charge in [0.25, 0.3) is 0 Å². The van der Waals surface area contributed by atoms with Gasteiger partial charge in [0.05, 0.1) is 4.47 Å². The van der Waals surface area contributed by atoms with Crippen LogP contribution in [0.15, 0.2) is 27.2 Å². The van der Waals surface area contributed by atoms with E-state index >= 15 is 0 Å². The number of rotatable bonds is 2. The minimum atomic E-state index is -0.338. The third-order valence-electron chi connectivity index (χ3n) is 2.35. The van der Waals surface area contributed by atoms with Crippen LogP contribution in [0.4, 0.5) is 10.2 Å². The van der Waals surface area contributed by atoms with Gasteiger partial charge in [-0.25, -0.2) is 4.39 Å². The van der Waals surface area contributed by atoms with Crippen molar-refractivity contribution in [2.24, 2.45) is 0 Å². The minimum Gasteiger partial charge on any atom is -0.381 e. The molecule has 0 radical (unpaired) electrons. The van der Waals surface area contributed by atoms with Gasteiger partial charge in [0.2, 0.25) is 0 Å². The second-order valence-corrected chi connectivity index (χ2v) is 4.21. The predicted molar refractivity (Wildman–Crippen MR) is 63.4 cm³/mol. The highest BCUT2D eigenvalue weighted by molar-refractivity contribution is 9.10. The SMILES string of the molecule is CCc1c(N)noc1-c1ccc(Br)c(F)c1. The van der Waals surface area contributed by atoms with E-state index in [1.165, 1.54) is 6.07 Å². The molecule has 0 fully saturated rings. The third kappa shape index (κ3) is 1.82. The van der Waals surface area contributed by atoms with E-state index in [-0.39, 0.29) is 5.82 Å². The Morgan fingerprint density at radius 3 is 2.88 bits per heavy atom. The molecule has 16 heavy (non-hydrogen) atoms. The topological polar surface area (TPSA) is 52.0 Å². The summed E-state index contributed by atoms with van der Waals surface area (Å²) in [6.45, 7) is 1.95. The van der Waals surface area contributed by atoms with Crippen molar-refractivity contribution < 1.29 is 8.91 Å². The van der Waals surface area contributed by atoms with Gasteiger partial charge in [-0.1, -0.05) is 12.1 Å².